The average Bonchev–Trinajstić information content (AvgIpc) is 2.86. The minimum absolute atomic E-state index is 0.0556. The highest BCUT2D eigenvalue weighted by Crippen LogP contribution is 2.18. The SMILES string of the molecule is CNC(=O)C(C)NC(=S)NC1CC1. The Morgan fingerprint density at radius 3 is 2.62 bits per heavy atom. The Kier molecular flexibility index (Phi) is 3.48. The number of thiocarbonyl (C=S) groups is 1. The van der Waals surface area contributed by atoms with E-state index in [4.69, 9.17) is 12.2 Å². The van der Waals surface area contributed by atoms with Gasteiger partial charge in [0.25, 0.3) is 0 Å². The molecule has 0 bridgehead atoms. The molecule has 0 heterocycles. The Balaban J connectivity index is 2.21. The first-order valence-electron chi connectivity index (χ1n) is 4.42. The van der Waals surface area contributed by atoms with E-state index >= 15 is 0 Å². The van der Waals surface area contributed by atoms with Gasteiger partial charge < -0.3 is 16.0 Å². The highest BCUT2D eigenvalue weighted by atomic mass is 32.1. The highest BCUT2D eigenvalue weighted by molar-refractivity contribution is 7.80. The molecule has 1 atom stereocenters. The molecule has 74 valence electrons. The van der Waals surface area contributed by atoms with Crippen LogP contribution < -0.4 is 16.0 Å². The molecule has 13 heavy (non-hydrogen) atoms. The summed E-state index contributed by atoms with van der Waals surface area (Å²) in [4.78, 5) is 11.1. The molecule has 1 unspecified atom stereocenters. The Bertz CT molecular complexity index is 215. The van der Waals surface area contributed by atoms with Crippen LogP contribution in [-0.4, -0.2) is 30.2 Å². The molecule has 1 aliphatic rings. The van der Waals surface area contributed by atoms with E-state index < -0.39 is 0 Å². The minimum atomic E-state index is -0.274. The molecule has 0 aliphatic heterocycles. The molecule has 4 nitrogen and oxygen atoms in total. The molecular weight excluding hydrogens is 186 g/mol. The van der Waals surface area contributed by atoms with Gasteiger partial charge in [0.15, 0.2) is 5.11 Å². The maximum Gasteiger partial charge on any atom is 0.242 e. The van der Waals surface area contributed by atoms with Crippen molar-refractivity contribution in [3.63, 3.8) is 0 Å². The molecule has 1 aliphatic carbocycles. The normalized spacial score (nSPS) is 17.4. The second kappa shape index (κ2) is 4.41. The van der Waals surface area contributed by atoms with Gasteiger partial charge >= 0.3 is 0 Å². The molecule has 1 rings (SSSR count). The minimum Gasteiger partial charge on any atom is -0.360 e. The fourth-order valence-electron chi connectivity index (χ4n) is 0.933. The van der Waals surface area contributed by atoms with E-state index in [0.717, 1.165) is 0 Å². The molecular formula is C8H15N3OS. The first kappa shape index (κ1) is 10.2. The lowest BCUT2D eigenvalue weighted by Gasteiger charge is -2.15. The zero-order valence-corrected chi connectivity index (χ0v) is 8.70. The van der Waals surface area contributed by atoms with Gasteiger partial charge in [0, 0.05) is 13.1 Å². The molecule has 1 fully saturated rings. The van der Waals surface area contributed by atoms with E-state index in [1.807, 2.05) is 0 Å². The molecule has 0 aromatic heterocycles. The summed E-state index contributed by atoms with van der Waals surface area (Å²) in [6, 6.07) is 0.251. The van der Waals surface area contributed by atoms with Gasteiger partial charge in [-0.2, -0.15) is 0 Å². The molecule has 1 saturated carbocycles. The Morgan fingerprint density at radius 2 is 2.15 bits per heavy atom. The van der Waals surface area contributed by atoms with Crippen LogP contribution in [0.25, 0.3) is 0 Å². The predicted molar refractivity (Wildman–Crippen MR) is 55.4 cm³/mol. The van der Waals surface area contributed by atoms with Crippen LogP contribution in [0.2, 0.25) is 0 Å². The maximum atomic E-state index is 11.1. The van der Waals surface area contributed by atoms with Crippen molar-refractivity contribution in [2.75, 3.05) is 7.05 Å². The summed E-state index contributed by atoms with van der Waals surface area (Å²) in [5.74, 6) is -0.0556. The van der Waals surface area contributed by atoms with E-state index in [-0.39, 0.29) is 11.9 Å². The van der Waals surface area contributed by atoms with Crippen molar-refractivity contribution in [2.45, 2.75) is 31.8 Å². The number of amides is 1. The summed E-state index contributed by atoms with van der Waals surface area (Å²) in [7, 11) is 1.61. The first-order valence-corrected chi connectivity index (χ1v) is 4.83. The number of rotatable bonds is 3. The Labute approximate surface area is 83.5 Å². The van der Waals surface area contributed by atoms with Crippen LogP contribution in [0.15, 0.2) is 0 Å². The van der Waals surface area contributed by atoms with Crippen LogP contribution in [0.3, 0.4) is 0 Å². The number of likely N-dealkylation sites (N-methyl/N-ethyl adjacent to an activating group) is 1. The van der Waals surface area contributed by atoms with Crippen molar-refractivity contribution in [1.82, 2.24) is 16.0 Å². The van der Waals surface area contributed by atoms with Crippen LogP contribution in [-0.2, 0) is 4.79 Å². The van der Waals surface area contributed by atoms with Gasteiger partial charge in [-0.15, -0.1) is 0 Å². The summed E-state index contributed by atoms with van der Waals surface area (Å²) in [5, 5.41) is 9.13. The van der Waals surface area contributed by atoms with Gasteiger partial charge in [-0.1, -0.05) is 0 Å². The van der Waals surface area contributed by atoms with Gasteiger partial charge in [0.05, 0.1) is 0 Å². The van der Waals surface area contributed by atoms with E-state index in [1.54, 1.807) is 14.0 Å². The van der Waals surface area contributed by atoms with Crippen molar-refractivity contribution in [3.8, 4) is 0 Å². The fraction of sp³-hybridized carbons (Fsp3) is 0.750. The lowest BCUT2D eigenvalue weighted by Crippen LogP contribution is -2.48. The summed E-state index contributed by atoms with van der Waals surface area (Å²) < 4.78 is 0. The van der Waals surface area contributed by atoms with Crippen LogP contribution >= 0.6 is 12.2 Å². The molecule has 3 N–H and O–H groups in total. The van der Waals surface area contributed by atoms with Crippen molar-refractivity contribution < 1.29 is 4.79 Å². The molecule has 1 amide bonds. The fourth-order valence-corrected chi connectivity index (χ4v) is 1.28. The first-order chi connectivity index (χ1) is 6.13. The second-order valence-electron chi connectivity index (χ2n) is 3.23. The van der Waals surface area contributed by atoms with Crippen molar-refractivity contribution in [1.29, 1.82) is 0 Å². The summed E-state index contributed by atoms with van der Waals surface area (Å²) in [6.07, 6.45) is 2.35. The second-order valence-corrected chi connectivity index (χ2v) is 3.64. The van der Waals surface area contributed by atoms with Crippen molar-refractivity contribution >= 4 is 23.2 Å². The van der Waals surface area contributed by atoms with E-state index in [9.17, 15) is 4.79 Å². The van der Waals surface area contributed by atoms with Gasteiger partial charge in [-0.3, -0.25) is 4.79 Å². The van der Waals surface area contributed by atoms with Gasteiger partial charge in [-0.05, 0) is 32.0 Å². The third-order valence-corrected chi connectivity index (χ3v) is 2.14. The number of hydrogen-bond donors (Lipinski definition) is 3. The molecule has 0 radical (unpaired) electrons. The van der Waals surface area contributed by atoms with Gasteiger partial charge in [0.1, 0.15) is 6.04 Å². The van der Waals surface area contributed by atoms with Crippen LogP contribution in [0.5, 0.6) is 0 Å². The quantitative estimate of drug-likeness (QED) is 0.551. The lowest BCUT2D eigenvalue weighted by atomic mass is 10.3. The molecule has 0 saturated heterocycles. The summed E-state index contributed by atoms with van der Waals surface area (Å²) >= 11 is 5.01. The third kappa shape index (κ3) is 3.59. The summed E-state index contributed by atoms with van der Waals surface area (Å²) in [6.45, 7) is 1.78. The van der Waals surface area contributed by atoms with E-state index in [1.165, 1.54) is 12.8 Å². The van der Waals surface area contributed by atoms with Crippen LogP contribution in [0.4, 0.5) is 0 Å². The van der Waals surface area contributed by atoms with Crippen molar-refractivity contribution in [2.24, 2.45) is 0 Å². The van der Waals surface area contributed by atoms with Crippen LogP contribution in [0.1, 0.15) is 19.8 Å². The Hall–Kier alpha value is -0.840. The third-order valence-electron chi connectivity index (χ3n) is 1.90. The number of carbonyl (C=O) groups excluding carboxylic acids is 1. The standard InChI is InChI=1S/C8H15N3OS/c1-5(7(12)9-2)10-8(13)11-6-3-4-6/h5-6H,3-4H2,1-2H3,(H,9,12)(H2,10,11,13). The monoisotopic (exact) mass is 201 g/mol. The molecule has 0 spiro atoms. The highest BCUT2D eigenvalue weighted by Gasteiger charge is 2.22. The smallest absolute Gasteiger partial charge is 0.242 e. The topological polar surface area (TPSA) is 53.2 Å². The predicted octanol–water partition coefficient (Wildman–Crippen LogP) is -0.253. The molecule has 5 heteroatoms. The molecule has 0 aromatic carbocycles. The Morgan fingerprint density at radius 1 is 1.54 bits per heavy atom. The number of carbonyl (C=O) groups is 1. The average molecular weight is 201 g/mol. The van der Waals surface area contributed by atoms with Gasteiger partial charge in [0.2, 0.25) is 5.91 Å². The maximum absolute atomic E-state index is 11.1. The van der Waals surface area contributed by atoms with E-state index in [0.29, 0.717) is 11.2 Å². The van der Waals surface area contributed by atoms with Crippen molar-refractivity contribution in [3.05, 3.63) is 0 Å². The van der Waals surface area contributed by atoms with Crippen LogP contribution in [0, 0.1) is 0 Å². The lowest BCUT2D eigenvalue weighted by molar-refractivity contribution is -0.121. The summed E-state index contributed by atoms with van der Waals surface area (Å²) in [5.41, 5.74) is 0. The zero-order chi connectivity index (χ0) is 9.84. The molecule has 0 aromatic rings. The number of hydrogen-bond acceptors (Lipinski definition) is 2. The largest absolute Gasteiger partial charge is 0.360 e. The van der Waals surface area contributed by atoms with E-state index in [2.05, 4.69) is 16.0 Å². The zero-order valence-electron chi connectivity index (χ0n) is 7.89. The van der Waals surface area contributed by atoms with Gasteiger partial charge in [-0.25, -0.2) is 0 Å². The number of nitrogens with one attached hydrogen (secondary N) is 3.